The van der Waals surface area contributed by atoms with Crippen LogP contribution in [0.15, 0.2) is 132 Å². The maximum atomic E-state index is 15.2. The minimum Gasteiger partial charge on any atom is -0.367 e. The molecular weight excluding hydrogens is 1190 g/mol. The van der Waals surface area contributed by atoms with Gasteiger partial charge in [0, 0.05) is 83.0 Å². The molecule has 0 amide bonds. The SMILES string of the molecule is Cc1ccc(S(=O)(=O)n2cc(-c3ncc(F)c(N[C@@H]4CCC[C@H](N)C4)n3)c3cc(F)cc(F)c32)cc1.Cc1ccc(S(=O)(=O)n2cc(-c3ncc(F)c(N[C@@H]4CCC[C@H](Nc5ccnc(C)n5)C4)n3)c3cc(F)cc(F)c32)cc1.Cc1nccc(Cl)n1. The zero-order valence-corrected chi connectivity index (χ0v) is 49.5. The summed E-state index contributed by atoms with van der Waals surface area (Å²) in [7, 11) is -8.54. The van der Waals surface area contributed by atoms with Gasteiger partial charge in [0.15, 0.2) is 46.6 Å². The van der Waals surface area contributed by atoms with Crippen LogP contribution in [0.3, 0.4) is 0 Å². The van der Waals surface area contributed by atoms with E-state index >= 15 is 4.39 Å². The first-order valence-electron chi connectivity index (χ1n) is 27.5. The van der Waals surface area contributed by atoms with Crippen molar-refractivity contribution in [1.82, 2.24) is 47.8 Å². The van der Waals surface area contributed by atoms with Crippen LogP contribution < -0.4 is 21.7 Å². The monoisotopic (exact) mass is 1250 g/mol. The normalized spacial score (nSPS) is 17.0. The van der Waals surface area contributed by atoms with Crippen LogP contribution in [0, 0.1) is 62.6 Å². The summed E-state index contributed by atoms with van der Waals surface area (Å²) in [5, 5.41) is 9.99. The molecule has 4 aromatic carbocycles. The summed E-state index contributed by atoms with van der Waals surface area (Å²) in [6.07, 6.45) is 13.9. The lowest BCUT2D eigenvalue weighted by Gasteiger charge is -2.31. The van der Waals surface area contributed by atoms with Crippen LogP contribution in [0.1, 0.15) is 74.1 Å². The second kappa shape index (κ2) is 25.8. The molecule has 0 radical (unpaired) electrons. The number of fused-ring (bicyclic) bond motifs is 2. The summed E-state index contributed by atoms with van der Waals surface area (Å²) < 4.78 is 144. The smallest absolute Gasteiger partial charge is 0.268 e. The van der Waals surface area contributed by atoms with Crippen LogP contribution in [-0.4, -0.2) is 88.8 Å². The van der Waals surface area contributed by atoms with E-state index in [0.29, 0.717) is 47.6 Å². The highest BCUT2D eigenvalue weighted by molar-refractivity contribution is 7.90. The first kappa shape index (κ1) is 61.5. The lowest BCUT2D eigenvalue weighted by molar-refractivity contribution is 0.407. The standard InChI is InChI=1S/C30H28F3N7O2S.C25H24F3N5O2S.C5H5ClN2/c1-17-6-8-22(9-7-17)43(41,42)40-16-24(23-12-19(31)13-25(32)28(23)40)29-35-15-26(33)30(39-29)38-21-5-3-4-20(14-21)37-27-10-11-34-18(2)36-27;1-14-5-7-18(8-6-14)36(34,35)33-13-20(19-9-15(26)10-21(27)23(19)33)24-30-12-22(28)25(32-24)31-17-4-2-3-16(29)11-17;1-4-7-3-2-5(6)8-4/h6-13,15-16,20-21H,3-5,14H2,1-2H3,(H,34,36,37)(H,35,38,39);5-10,12-13,16-17H,2-4,11,29H2,1H3,(H,30,31,32);2-3H,1H3/t20-,21+;16-,17+;/m00./s1. The molecule has 6 aromatic heterocycles. The maximum Gasteiger partial charge on any atom is 0.268 e. The average molecular weight is 1250 g/mol. The van der Waals surface area contributed by atoms with E-state index in [0.717, 1.165) is 94.5 Å². The molecule has 2 aliphatic rings. The Bertz CT molecular complexity index is 4390. The number of aromatic nitrogens is 10. The number of hydrogen-bond acceptors (Lipinski definition) is 16. The first-order valence-corrected chi connectivity index (χ1v) is 30.8. The van der Waals surface area contributed by atoms with Gasteiger partial charge in [-0.25, -0.2) is 91.0 Å². The number of nitrogens with two attached hydrogens (primary N) is 1. The number of anilines is 3. The zero-order chi connectivity index (χ0) is 61.9. The predicted molar refractivity (Wildman–Crippen MR) is 319 cm³/mol. The van der Waals surface area contributed by atoms with E-state index in [2.05, 4.69) is 55.8 Å². The summed E-state index contributed by atoms with van der Waals surface area (Å²) in [6, 6.07) is 18.6. The maximum absolute atomic E-state index is 15.2. The molecule has 18 nitrogen and oxygen atoms in total. The quantitative estimate of drug-likeness (QED) is 0.0656. The van der Waals surface area contributed by atoms with E-state index in [-0.39, 0.29) is 90.2 Å². The van der Waals surface area contributed by atoms with Gasteiger partial charge in [-0.1, -0.05) is 47.0 Å². The van der Waals surface area contributed by atoms with Crippen molar-refractivity contribution in [1.29, 1.82) is 0 Å². The van der Waals surface area contributed by atoms with Gasteiger partial charge in [-0.05, 0) is 128 Å². The summed E-state index contributed by atoms with van der Waals surface area (Å²) in [5.41, 5.74) is 7.08. The number of benzene rings is 4. The fraction of sp³-hybridized carbons (Fsp3) is 0.267. The van der Waals surface area contributed by atoms with Gasteiger partial charge >= 0.3 is 0 Å². The largest absolute Gasteiger partial charge is 0.367 e. The Morgan fingerprint density at radius 2 is 0.954 bits per heavy atom. The molecule has 6 heterocycles. The van der Waals surface area contributed by atoms with Crippen LogP contribution in [0.25, 0.3) is 44.6 Å². The minimum atomic E-state index is -4.29. The van der Waals surface area contributed by atoms with Gasteiger partial charge in [0.25, 0.3) is 20.0 Å². The third-order valence-electron chi connectivity index (χ3n) is 14.6. The molecule has 4 atom stereocenters. The van der Waals surface area contributed by atoms with Crippen molar-refractivity contribution in [2.75, 3.05) is 16.0 Å². The van der Waals surface area contributed by atoms with Gasteiger partial charge in [0.05, 0.1) is 22.2 Å². The van der Waals surface area contributed by atoms with E-state index in [1.54, 1.807) is 62.6 Å². The van der Waals surface area contributed by atoms with Crippen LogP contribution in [0.4, 0.5) is 43.8 Å². The van der Waals surface area contributed by atoms with Crippen molar-refractivity contribution >= 4 is 70.9 Å². The molecule has 5 N–H and O–H groups in total. The van der Waals surface area contributed by atoms with Gasteiger partial charge < -0.3 is 21.7 Å². The summed E-state index contributed by atoms with van der Waals surface area (Å²) >= 11 is 5.49. The Balaban J connectivity index is 0.000000172. The Morgan fingerprint density at radius 3 is 1.39 bits per heavy atom. The fourth-order valence-corrected chi connectivity index (χ4v) is 13.4. The van der Waals surface area contributed by atoms with Gasteiger partial charge in [-0.3, -0.25) is 0 Å². The van der Waals surface area contributed by atoms with Crippen molar-refractivity contribution in [2.24, 2.45) is 5.73 Å². The molecule has 2 saturated carbocycles. The van der Waals surface area contributed by atoms with Gasteiger partial charge in [-0.2, -0.15) is 0 Å². The molecule has 12 rings (SSSR count). The van der Waals surface area contributed by atoms with E-state index in [1.165, 1.54) is 24.3 Å². The molecule has 27 heteroatoms. The van der Waals surface area contributed by atoms with Crippen molar-refractivity contribution in [2.45, 2.75) is 113 Å². The van der Waals surface area contributed by atoms with E-state index in [4.69, 9.17) is 17.3 Å². The van der Waals surface area contributed by atoms with Gasteiger partial charge in [-0.15, -0.1) is 0 Å². The highest BCUT2D eigenvalue weighted by atomic mass is 35.5. The average Bonchev–Trinajstić information content (AvgIpc) is 1.66. The van der Waals surface area contributed by atoms with Crippen molar-refractivity contribution in [3.63, 3.8) is 0 Å². The van der Waals surface area contributed by atoms with Gasteiger partial charge in [0.1, 0.15) is 45.3 Å². The summed E-state index contributed by atoms with van der Waals surface area (Å²) in [6.45, 7) is 7.22. The third-order valence-corrected chi connectivity index (χ3v) is 18.2. The van der Waals surface area contributed by atoms with E-state index in [9.17, 15) is 38.8 Å². The fourth-order valence-electron chi connectivity index (χ4n) is 10.4. The Morgan fingerprint density at radius 1 is 0.517 bits per heavy atom. The molecule has 2 fully saturated rings. The molecule has 0 spiro atoms. The molecule has 87 heavy (non-hydrogen) atoms. The van der Waals surface area contributed by atoms with Crippen LogP contribution >= 0.6 is 11.6 Å². The molecule has 0 aliphatic heterocycles. The van der Waals surface area contributed by atoms with E-state index in [1.807, 2.05) is 13.8 Å². The summed E-state index contributed by atoms with van der Waals surface area (Å²) in [5.74, 6) is -3.62. The van der Waals surface area contributed by atoms with Crippen LogP contribution in [0.2, 0.25) is 5.15 Å². The number of nitrogens with zero attached hydrogens (tertiary/aromatic N) is 10. The predicted octanol–water partition coefficient (Wildman–Crippen LogP) is 12.2. The molecule has 0 unspecified atom stereocenters. The van der Waals surface area contributed by atoms with Crippen molar-refractivity contribution < 1.29 is 43.2 Å². The van der Waals surface area contributed by atoms with Crippen molar-refractivity contribution in [3.05, 3.63) is 185 Å². The van der Waals surface area contributed by atoms with E-state index < -0.39 is 54.9 Å². The Kier molecular flexibility index (Phi) is 18.2. The van der Waals surface area contributed by atoms with Crippen LogP contribution in [-0.2, 0) is 20.0 Å². The molecule has 452 valence electrons. The third kappa shape index (κ3) is 14.0. The number of rotatable bonds is 12. The topological polar surface area (TPSA) is 243 Å². The second-order valence-electron chi connectivity index (χ2n) is 21.2. The molecule has 2 aliphatic carbocycles. The Labute approximate surface area is 501 Å². The number of halogens is 7. The number of nitrogens with one attached hydrogen (secondary N) is 3. The molecule has 0 bridgehead atoms. The first-order chi connectivity index (χ1) is 41.5. The Hall–Kier alpha value is -8.59. The lowest BCUT2D eigenvalue weighted by Crippen LogP contribution is -2.35. The highest BCUT2D eigenvalue weighted by Crippen LogP contribution is 2.37. The number of aryl methyl sites for hydroxylation is 4. The second-order valence-corrected chi connectivity index (χ2v) is 25.2. The van der Waals surface area contributed by atoms with Crippen LogP contribution in [0.5, 0.6) is 0 Å². The summed E-state index contributed by atoms with van der Waals surface area (Å²) in [4.78, 5) is 32.7. The highest BCUT2D eigenvalue weighted by Gasteiger charge is 2.30. The number of hydrogen-bond donors (Lipinski definition) is 4. The zero-order valence-electron chi connectivity index (χ0n) is 47.2. The molecule has 10 aromatic rings. The minimum absolute atomic E-state index is 0.00322. The van der Waals surface area contributed by atoms with Gasteiger partial charge in [0.2, 0.25) is 0 Å². The molecular formula is C60H57ClF6N14O4S2. The van der Waals surface area contributed by atoms with Crippen molar-refractivity contribution in [3.8, 4) is 22.8 Å². The lowest BCUT2D eigenvalue weighted by atomic mass is 9.91. The molecule has 0 saturated heterocycles.